The lowest BCUT2D eigenvalue weighted by molar-refractivity contribution is -0.117. The van der Waals surface area contributed by atoms with Crippen molar-refractivity contribution in [2.24, 2.45) is 0 Å². The number of fused-ring (bicyclic) bond motifs is 3. The normalized spacial score (nSPS) is 23.8. The molecular weight excluding hydrogens is 278 g/mol. The molecule has 1 atom stereocenters. The van der Waals surface area contributed by atoms with E-state index in [0.717, 1.165) is 56.7 Å². The Labute approximate surface area is 130 Å². The predicted octanol–water partition coefficient (Wildman–Crippen LogP) is 2.23. The molecule has 3 heterocycles. The highest BCUT2D eigenvalue weighted by Crippen LogP contribution is 2.37. The smallest absolute Gasteiger partial charge is 0.253 e. The van der Waals surface area contributed by atoms with Gasteiger partial charge in [-0.05, 0) is 50.3 Å². The number of carbonyl (C=O) groups excluding carboxylic acids is 2. The zero-order chi connectivity index (χ0) is 15.1. The Kier molecular flexibility index (Phi) is 3.28. The van der Waals surface area contributed by atoms with Gasteiger partial charge in [-0.15, -0.1) is 0 Å². The van der Waals surface area contributed by atoms with Gasteiger partial charge in [-0.2, -0.15) is 0 Å². The SMILES string of the molecule is O=C1Nc2cc(C(=O)N3CCCCC3)ccc2N2CCC[C@H]12. The van der Waals surface area contributed by atoms with Gasteiger partial charge in [0.15, 0.2) is 0 Å². The summed E-state index contributed by atoms with van der Waals surface area (Å²) in [5.74, 6) is 0.146. The lowest BCUT2D eigenvalue weighted by Gasteiger charge is -2.33. The highest BCUT2D eigenvalue weighted by atomic mass is 16.2. The fourth-order valence-corrected chi connectivity index (χ4v) is 3.84. The molecule has 0 aromatic heterocycles. The molecule has 1 aromatic carbocycles. The second-order valence-corrected chi connectivity index (χ2v) is 6.43. The fourth-order valence-electron chi connectivity index (χ4n) is 3.84. The van der Waals surface area contributed by atoms with Crippen molar-refractivity contribution in [1.82, 2.24) is 4.90 Å². The van der Waals surface area contributed by atoms with Crippen molar-refractivity contribution in [2.75, 3.05) is 29.9 Å². The third kappa shape index (κ3) is 2.16. The summed E-state index contributed by atoms with van der Waals surface area (Å²) in [6.45, 7) is 2.61. The van der Waals surface area contributed by atoms with Gasteiger partial charge in [-0.1, -0.05) is 0 Å². The van der Waals surface area contributed by atoms with Gasteiger partial charge in [0.05, 0.1) is 11.4 Å². The Morgan fingerprint density at radius 2 is 1.91 bits per heavy atom. The van der Waals surface area contributed by atoms with Crippen molar-refractivity contribution in [3.05, 3.63) is 23.8 Å². The number of nitrogens with one attached hydrogen (secondary N) is 1. The van der Waals surface area contributed by atoms with Crippen LogP contribution in [0.1, 0.15) is 42.5 Å². The molecule has 2 amide bonds. The summed E-state index contributed by atoms with van der Waals surface area (Å²) in [5, 5.41) is 2.98. The highest BCUT2D eigenvalue weighted by Gasteiger charge is 2.36. The lowest BCUT2D eigenvalue weighted by Crippen LogP contribution is -2.44. The number of amides is 2. The van der Waals surface area contributed by atoms with Crippen molar-refractivity contribution < 1.29 is 9.59 Å². The van der Waals surface area contributed by atoms with Crippen LogP contribution in [0.3, 0.4) is 0 Å². The van der Waals surface area contributed by atoms with Crippen LogP contribution in [0.4, 0.5) is 11.4 Å². The first kappa shape index (κ1) is 13.6. The maximum absolute atomic E-state index is 12.6. The molecule has 3 aliphatic heterocycles. The molecule has 0 unspecified atom stereocenters. The Bertz CT molecular complexity index is 622. The van der Waals surface area contributed by atoms with Crippen LogP contribution >= 0.6 is 0 Å². The first-order valence-corrected chi connectivity index (χ1v) is 8.25. The Morgan fingerprint density at radius 3 is 2.73 bits per heavy atom. The molecule has 1 N–H and O–H groups in total. The van der Waals surface area contributed by atoms with Crippen LogP contribution < -0.4 is 10.2 Å². The molecule has 2 saturated heterocycles. The minimum atomic E-state index is -0.0313. The third-order valence-corrected chi connectivity index (χ3v) is 5.01. The van der Waals surface area contributed by atoms with Crippen LogP contribution in [0.2, 0.25) is 0 Å². The molecule has 2 fully saturated rings. The molecule has 5 heteroatoms. The van der Waals surface area contributed by atoms with E-state index in [1.165, 1.54) is 6.42 Å². The zero-order valence-corrected chi connectivity index (χ0v) is 12.7. The van der Waals surface area contributed by atoms with Crippen LogP contribution in [-0.4, -0.2) is 42.4 Å². The summed E-state index contributed by atoms with van der Waals surface area (Å²) in [5.41, 5.74) is 2.52. The number of rotatable bonds is 1. The number of piperidine rings is 1. The van der Waals surface area contributed by atoms with E-state index >= 15 is 0 Å². The molecule has 0 spiro atoms. The van der Waals surface area contributed by atoms with E-state index in [1.807, 2.05) is 23.1 Å². The largest absolute Gasteiger partial charge is 0.358 e. The molecule has 22 heavy (non-hydrogen) atoms. The first-order chi connectivity index (χ1) is 10.7. The van der Waals surface area contributed by atoms with Gasteiger partial charge in [-0.3, -0.25) is 9.59 Å². The Balaban J connectivity index is 1.63. The molecule has 3 aliphatic rings. The standard InChI is InChI=1S/C17H21N3O2/c21-16-15-5-4-10-20(15)14-7-6-12(11-13(14)18-16)17(22)19-8-2-1-3-9-19/h6-7,11,15H,1-5,8-10H2,(H,18,21)/t15-/m1/s1. The van der Waals surface area contributed by atoms with Gasteiger partial charge in [0.1, 0.15) is 6.04 Å². The van der Waals surface area contributed by atoms with E-state index in [2.05, 4.69) is 10.2 Å². The van der Waals surface area contributed by atoms with Crippen molar-refractivity contribution in [2.45, 2.75) is 38.1 Å². The van der Waals surface area contributed by atoms with E-state index < -0.39 is 0 Å². The van der Waals surface area contributed by atoms with Crippen LogP contribution in [0.25, 0.3) is 0 Å². The van der Waals surface area contributed by atoms with E-state index in [-0.39, 0.29) is 17.9 Å². The van der Waals surface area contributed by atoms with Crippen LogP contribution in [-0.2, 0) is 4.79 Å². The van der Waals surface area contributed by atoms with Gasteiger partial charge in [0.2, 0.25) is 5.91 Å². The molecule has 0 bridgehead atoms. The van der Waals surface area contributed by atoms with Crippen molar-refractivity contribution in [3.8, 4) is 0 Å². The van der Waals surface area contributed by atoms with E-state index in [4.69, 9.17) is 0 Å². The second kappa shape index (κ2) is 5.30. The van der Waals surface area contributed by atoms with Gasteiger partial charge in [0.25, 0.3) is 5.91 Å². The summed E-state index contributed by atoms with van der Waals surface area (Å²) >= 11 is 0. The maximum Gasteiger partial charge on any atom is 0.253 e. The minimum absolute atomic E-state index is 0.0313. The number of carbonyl (C=O) groups is 2. The van der Waals surface area contributed by atoms with Gasteiger partial charge >= 0.3 is 0 Å². The van der Waals surface area contributed by atoms with Gasteiger partial charge in [-0.25, -0.2) is 0 Å². The number of nitrogens with zero attached hydrogens (tertiary/aromatic N) is 2. The van der Waals surface area contributed by atoms with E-state index in [9.17, 15) is 9.59 Å². The van der Waals surface area contributed by atoms with E-state index in [1.54, 1.807) is 0 Å². The summed E-state index contributed by atoms with van der Waals surface area (Å²) in [7, 11) is 0. The number of anilines is 2. The fraction of sp³-hybridized carbons (Fsp3) is 0.529. The number of hydrogen-bond donors (Lipinski definition) is 1. The van der Waals surface area contributed by atoms with Crippen molar-refractivity contribution >= 4 is 23.2 Å². The minimum Gasteiger partial charge on any atom is -0.358 e. The molecule has 0 radical (unpaired) electrons. The third-order valence-electron chi connectivity index (χ3n) is 5.01. The quantitative estimate of drug-likeness (QED) is 0.865. The molecule has 0 saturated carbocycles. The molecule has 5 nitrogen and oxygen atoms in total. The van der Waals surface area contributed by atoms with Gasteiger partial charge in [0, 0.05) is 25.2 Å². The number of hydrogen-bond acceptors (Lipinski definition) is 3. The zero-order valence-electron chi connectivity index (χ0n) is 12.7. The van der Waals surface area contributed by atoms with Crippen LogP contribution in [0, 0.1) is 0 Å². The molecular formula is C17H21N3O2. The number of likely N-dealkylation sites (tertiary alicyclic amines) is 1. The van der Waals surface area contributed by atoms with Crippen LogP contribution in [0.15, 0.2) is 18.2 Å². The molecule has 0 aliphatic carbocycles. The molecule has 4 rings (SSSR count). The topological polar surface area (TPSA) is 52.7 Å². The average molecular weight is 299 g/mol. The first-order valence-electron chi connectivity index (χ1n) is 8.25. The monoisotopic (exact) mass is 299 g/mol. The lowest BCUT2D eigenvalue weighted by atomic mass is 10.0. The summed E-state index contributed by atoms with van der Waals surface area (Å²) < 4.78 is 0. The predicted molar refractivity (Wildman–Crippen MR) is 85.2 cm³/mol. The van der Waals surface area contributed by atoms with E-state index in [0.29, 0.717) is 5.56 Å². The average Bonchev–Trinajstić information content (AvgIpc) is 3.05. The Morgan fingerprint density at radius 1 is 1.09 bits per heavy atom. The summed E-state index contributed by atoms with van der Waals surface area (Å²) in [6.07, 6.45) is 5.35. The van der Waals surface area contributed by atoms with Gasteiger partial charge < -0.3 is 15.1 Å². The second-order valence-electron chi connectivity index (χ2n) is 6.43. The van der Waals surface area contributed by atoms with Crippen molar-refractivity contribution in [1.29, 1.82) is 0 Å². The van der Waals surface area contributed by atoms with Crippen LogP contribution in [0.5, 0.6) is 0 Å². The molecule has 1 aromatic rings. The van der Waals surface area contributed by atoms with Crippen molar-refractivity contribution in [3.63, 3.8) is 0 Å². The molecule has 116 valence electrons. The summed E-state index contributed by atoms with van der Waals surface area (Å²) in [6, 6.07) is 5.71. The Hall–Kier alpha value is -2.04. The number of benzene rings is 1. The summed E-state index contributed by atoms with van der Waals surface area (Å²) in [4.78, 5) is 28.9. The highest BCUT2D eigenvalue weighted by molar-refractivity contribution is 6.06. The maximum atomic E-state index is 12.6.